The van der Waals surface area contributed by atoms with Crippen molar-refractivity contribution in [2.75, 3.05) is 6.54 Å². The van der Waals surface area contributed by atoms with Crippen LogP contribution in [0, 0.1) is 5.92 Å². The molecule has 3 rings (SSSR count). The zero-order valence-corrected chi connectivity index (χ0v) is 11.3. The molecule has 1 heterocycles. The third kappa shape index (κ3) is 2.68. The second-order valence-corrected chi connectivity index (χ2v) is 5.89. The van der Waals surface area contributed by atoms with Crippen molar-refractivity contribution in [3.63, 3.8) is 0 Å². The van der Waals surface area contributed by atoms with Gasteiger partial charge in [-0.25, -0.2) is 0 Å². The fraction of sp³-hybridized carbons (Fsp3) is 0.667. The first-order valence-corrected chi connectivity index (χ1v) is 7.47. The maximum Gasteiger partial charge on any atom is 0.268 e. The van der Waals surface area contributed by atoms with Crippen molar-refractivity contribution in [2.45, 2.75) is 50.6 Å². The highest BCUT2D eigenvalue weighted by molar-refractivity contribution is 5.93. The normalized spacial score (nSPS) is 21.5. The number of hydrogen-bond donors (Lipinski definition) is 2. The van der Waals surface area contributed by atoms with E-state index in [0.29, 0.717) is 18.5 Å². The largest absolute Gasteiger partial charge is 0.346 e. The van der Waals surface area contributed by atoms with E-state index in [1.807, 2.05) is 18.3 Å². The lowest BCUT2D eigenvalue weighted by molar-refractivity contribution is 0.0914. The molecule has 104 valence electrons. The fourth-order valence-electron chi connectivity index (χ4n) is 3.23. The Bertz CT molecular complexity index is 444. The van der Waals surface area contributed by atoms with Crippen LogP contribution in [0.25, 0.3) is 0 Å². The van der Waals surface area contributed by atoms with Crippen LogP contribution in [0.3, 0.4) is 0 Å². The number of carbonyl (C=O) groups excluding carboxylic acids is 1. The highest BCUT2D eigenvalue weighted by Gasteiger charge is 2.29. The molecule has 2 aliphatic rings. The molecule has 1 aromatic heterocycles. The van der Waals surface area contributed by atoms with Crippen molar-refractivity contribution in [1.29, 1.82) is 0 Å². The Hall–Kier alpha value is -1.29. The van der Waals surface area contributed by atoms with Gasteiger partial charge in [0.25, 0.3) is 5.91 Å². The minimum Gasteiger partial charge on any atom is -0.346 e. The number of carbonyl (C=O) groups is 1. The summed E-state index contributed by atoms with van der Waals surface area (Å²) in [6, 6.07) is 4.55. The van der Waals surface area contributed by atoms with Crippen LogP contribution >= 0.6 is 0 Å². The van der Waals surface area contributed by atoms with Gasteiger partial charge in [0.2, 0.25) is 0 Å². The molecule has 0 bridgehead atoms. The molecule has 4 heteroatoms. The summed E-state index contributed by atoms with van der Waals surface area (Å²) in [5.41, 5.74) is 6.63. The van der Waals surface area contributed by atoms with E-state index in [4.69, 9.17) is 5.73 Å². The van der Waals surface area contributed by atoms with Gasteiger partial charge in [-0.1, -0.05) is 12.8 Å². The summed E-state index contributed by atoms with van der Waals surface area (Å²) in [4.78, 5) is 12.4. The molecular formula is C15H23N3O. The lowest BCUT2D eigenvalue weighted by atomic mass is 9.98. The Morgan fingerprint density at radius 2 is 2.11 bits per heavy atom. The molecule has 19 heavy (non-hydrogen) atoms. The molecular weight excluding hydrogens is 238 g/mol. The maximum atomic E-state index is 12.4. The lowest BCUT2D eigenvalue weighted by Gasteiger charge is -2.23. The van der Waals surface area contributed by atoms with Crippen LogP contribution in [0.15, 0.2) is 18.3 Å². The number of nitrogens with one attached hydrogen (secondary N) is 1. The molecule has 0 aromatic carbocycles. The number of nitrogens with zero attached hydrogens (tertiary/aromatic N) is 1. The van der Waals surface area contributed by atoms with Gasteiger partial charge in [-0.3, -0.25) is 4.79 Å². The summed E-state index contributed by atoms with van der Waals surface area (Å²) in [6.07, 6.45) is 9.35. The number of nitrogens with two attached hydrogens (primary N) is 1. The first kappa shape index (κ1) is 12.7. The average Bonchev–Trinajstić information content (AvgIpc) is 2.96. The van der Waals surface area contributed by atoms with Crippen molar-refractivity contribution in [3.8, 4) is 0 Å². The van der Waals surface area contributed by atoms with Gasteiger partial charge in [0, 0.05) is 24.8 Å². The Morgan fingerprint density at radius 1 is 1.37 bits per heavy atom. The molecule has 2 fully saturated rings. The molecule has 0 spiro atoms. The molecule has 0 radical (unpaired) electrons. The SMILES string of the molecule is NCC(NC(=O)c1cccn1C1CC1)C1CCCC1. The molecule has 1 atom stereocenters. The van der Waals surface area contributed by atoms with Gasteiger partial charge in [0.05, 0.1) is 0 Å². The predicted molar refractivity (Wildman–Crippen MR) is 75.0 cm³/mol. The Kier molecular flexibility index (Phi) is 3.60. The van der Waals surface area contributed by atoms with Gasteiger partial charge >= 0.3 is 0 Å². The van der Waals surface area contributed by atoms with Crippen LogP contribution in [0.2, 0.25) is 0 Å². The number of amides is 1. The van der Waals surface area contributed by atoms with E-state index in [2.05, 4.69) is 9.88 Å². The van der Waals surface area contributed by atoms with Crippen LogP contribution in [0.4, 0.5) is 0 Å². The average molecular weight is 261 g/mol. The first-order valence-electron chi connectivity index (χ1n) is 7.47. The molecule has 1 aromatic rings. The van der Waals surface area contributed by atoms with E-state index in [-0.39, 0.29) is 11.9 Å². The Balaban J connectivity index is 1.67. The van der Waals surface area contributed by atoms with E-state index in [0.717, 1.165) is 5.69 Å². The molecule has 4 nitrogen and oxygen atoms in total. The van der Waals surface area contributed by atoms with E-state index in [1.54, 1.807) is 0 Å². The van der Waals surface area contributed by atoms with Crippen molar-refractivity contribution in [2.24, 2.45) is 11.7 Å². The number of aromatic nitrogens is 1. The first-order chi connectivity index (χ1) is 9.29. The van der Waals surface area contributed by atoms with E-state index in [1.165, 1.54) is 38.5 Å². The van der Waals surface area contributed by atoms with E-state index in [9.17, 15) is 4.79 Å². The fourth-order valence-corrected chi connectivity index (χ4v) is 3.23. The predicted octanol–water partition coefficient (Wildman–Crippen LogP) is 2.07. The van der Waals surface area contributed by atoms with Crippen LogP contribution in [-0.2, 0) is 0 Å². The zero-order valence-electron chi connectivity index (χ0n) is 11.3. The van der Waals surface area contributed by atoms with Crippen LogP contribution in [0.5, 0.6) is 0 Å². The molecule has 3 N–H and O–H groups in total. The summed E-state index contributed by atoms with van der Waals surface area (Å²) < 4.78 is 2.11. The molecule has 2 aliphatic carbocycles. The van der Waals surface area contributed by atoms with Gasteiger partial charge < -0.3 is 15.6 Å². The molecule has 0 saturated heterocycles. The van der Waals surface area contributed by atoms with Crippen LogP contribution in [-0.4, -0.2) is 23.1 Å². The lowest BCUT2D eigenvalue weighted by Crippen LogP contribution is -2.45. The van der Waals surface area contributed by atoms with Crippen molar-refractivity contribution in [1.82, 2.24) is 9.88 Å². The number of hydrogen-bond acceptors (Lipinski definition) is 2. The molecule has 1 amide bonds. The highest BCUT2D eigenvalue weighted by Crippen LogP contribution is 2.36. The summed E-state index contributed by atoms with van der Waals surface area (Å²) in [5.74, 6) is 0.609. The van der Waals surface area contributed by atoms with E-state index >= 15 is 0 Å². The maximum absolute atomic E-state index is 12.4. The summed E-state index contributed by atoms with van der Waals surface area (Å²) in [6.45, 7) is 0.542. The van der Waals surface area contributed by atoms with Crippen molar-refractivity contribution >= 4 is 5.91 Å². The molecule has 1 unspecified atom stereocenters. The quantitative estimate of drug-likeness (QED) is 0.852. The highest BCUT2D eigenvalue weighted by atomic mass is 16.2. The Labute approximate surface area is 114 Å². The second-order valence-electron chi connectivity index (χ2n) is 5.89. The van der Waals surface area contributed by atoms with Crippen LogP contribution in [0.1, 0.15) is 55.1 Å². The second kappa shape index (κ2) is 5.37. The topological polar surface area (TPSA) is 60.0 Å². The van der Waals surface area contributed by atoms with Crippen molar-refractivity contribution in [3.05, 3.63) is 24.0 Å². The van der Waals surface area contributed by atoms with Gasteiger partial charge in [-0.15, -0.1) is 0 Å². The summed E-state index contributed by atoms with van der Waals surface area (Å²) >= 11 is 0. The zero-order chi connectivity index (χ0) is 13.2. The standard InChI is InChI=1S/C15H23N3O/c16-10-13(11-4-1-2-5-11)17-15(19)14-6-3-9-18(14)12-7-8-12/h3,6,9,11-13H,1-2,4-5,7-8,10,16H2,(H,17,19). The van der Waals surface area contributed by atoms with Crippen LogP contribution < -0.4 is 11.1 Å². The smallest absolute Gasteiger partial charge is 0.268 e. The minimum atomic E-state index is 0.0410. The van der Waals surface area contributed by atoms with Gasteiger partial charge in [0.15, 0.2) is 0 Å². The third-order valence-corrected chi connectivity index (χ3v) is 4.49. The van der Waals surface area contributed by atoms with Gasteiger partial charge in [-0.05, 0) is 43.7 Å². The number of rotatable bonds is 5. The third-order valence-electron chi connectivity index (χ3n) is 4.49. The van der Waals surface area contributed by atoms with Gasteiger partial charge in [-0.2, -0.15) is 0 Å². The summed E-state index contributed by atoms with van der Waals surface area (Å²) in [5, 5.41) is 3.15. The Morgan fingerprint density at radius 3 is 2.74 bits per heavy atom. The van der Waals surface area contributed by atoms with E-state index < -0.39 is 0 Å². The van der Waals surface area contributed by atoms with Gasteiger partial charge in [0.1, 0.15) is 5.69 Å². The minimum absolute atomic E-state index is 0.0410. The van der Waals surface area contributed by atoms with Crippen molar-refractivity contribution < 1.29 is 4.79 Å². The summed E-state index contributed by atoms with van der Waals surface area (Å²) in [7, 11) is 0. The molecule has 2 saturated carbocycles. The molecule has 0 aliphatic heterocycles. The monoisotopic (exact) mass is 261 g/mol.